The summed E-state index contributed by atoms with van der Waals surface area (Å²) in [6.07, 6.45) is 0. The van der Waals surface area contributed by atoms with Gasteiger partial charge in [0.2, 0.25) is 10.8 Å². The highest BCUT2D eigenvalue weighted by Crippen LogP contribution is 2.42. The maximum Gasteiger partial charge on any atom is 0.230 e. The molecule has 3 heterocycles. The number of nitrogens with zero attached hydrogens (tertiary/aromatic N) is 5. The first-order valence-electron chi connectivity index (χ1n) is 10.5. The number of piperazine rings is 1. The highest BCUT2D eigenvalue weighted by molar-refractivity contribution is 7.17. The summed E-state index contributed by atoms with van der Waals surface area (Å²) in [4.78, 5) is 10.7. The van der Waals surface area contributed by atoms with E-state index in [9.17, 15) is 5.11 Å². The Bertz CT molecular complexity index is 1230. The molecule has 2 aromatic heterocycles. The van der Waals surface area contributed by atoms with Gasteiger partial charge in [-0.1, -0.05) is 41.1 Å². The van der Waals surface area contributed by atoms with E-state index in [4.69, 9.17) is 16.3 Å². The molecular formula is C23H24ClN5O2S. The van der Waals surface area contributed by atoms with Gasteiger partial charge in [-0.3, -0.25) is 4.90 Å². The lowest BCUT2D eigenvalue weighted by atomic mass is 10.0. The summed E-state index contributed by atoms with van der Waals surface area (Å²) < 4.78 is 6.80. The fraction of sp³-hybridized carbons (Fsp3) is 0.304. The predicted octanol–water partition coefficient (Wildman–Crippen LogP) is 4.38. The fourth-order valence-corrected chi connectivity index (χ4v) is 5.65. The number of ether oxygens (including phenoxy) is 1. The number of anilines is 1. The van der Waals surface area contributed by atoms with Crippen molar-refractivity contribution in [2.24, 2.45) is 0 Å². The molecule has 1 unspecified atom stereocenters. The summed E-state index contributed by atoms with van der Waals surface area (Å²) >= 11 is 8.09. The van der Waals surface area contributed by atoms with Crippen molar-refractivity contribution in [2.75, 3.05) is 38.2 Å². The minimum atomic E-state index is -0.171. The Labute approximate surface area is 195 Å². The van der Waals surface area contributed by atoms with E-state index >= 15 is 0 Å². The number of fused-ring (bicyclic) bond motifs is 1. The monoisotopic (exact) mass is 469 g/mol. The van der Waals surface area contributed by atoms with Gasteiger partial charge < -0.3 is 14.7 Å². The smallest absolute Gasteiger partial charge is 0.230 e. The number of methoxy groups -OCH3 is 1. The third-order valence-corrected chi connectivity index (χ3v) is 7.29. The molecule has 1 saturated heterocycles. The first kappa shape index (κ1) is 21.1. The average molecular weight is 470 g/mol. The van der Waals surface area contributed by atoms with Gasteiger partial charge in [0.25, 0.3) is 0 Å². The largest absolute Gasteiger partial charge is 0.497 e. The van der Waals surface area contributed by atoms with E-state index in [0.29, 0.717) is 15.8 Å². The minimum absolute atomic E-state index is 0.133. The summed E-state index contributed by atoms with van der Waals surface area (Å²) in [6, 6.07) is 15.8. The molecule has 0 aliphatic carbocycles. The van der Waals surface area contributed by atoms with E-state index in [2.05, 4.69) is 32.0 Å². The van der Waals surface area contributed by atoms with Gasteiger partial charge in [0.05, 0.1) is 18.0 Å². The SMILES string of the molecule is COc1ccc(N2CCN(C(c3ccccc3Cl)c3sc4nc(C)nn4c3O)CC2)cc1. The highest BCUT2D eigenvalue weighted by Gasteiger charge is 2.32. The number of rotatable bonds is 5. The molecule has 1 aliphatic heterocycles. The van der Waals surface area contributed by atoms with E-state index < -0.39 is 0 Å². The Morgan fingerprint density at radius 1 is 1.06 bits per heavy atom. The second-order valence-electron chi connectivity index (χ2n) is 7.79. The summed E-state index contributed by atoms with van der Waals surface area (Å²) in [5.41, 5.74) is 2.15. The average Bonchev–Trinajstić information content (AvgIpc) is 3.33. The molecule has 166 valence electrons. The van der Waals surface area contributed by atoms with Crippen LogP contribution in [0.15, 0.2) is 48.5 Å². The Morgan fingerprint density at radius 3 is 2.44 bits per heavy atom. The van der Waals surface area contributed by atoms with Crippen LogP contribution in [0, 0.1) is 6.92 Å². The lowest BCUT2D eigenvalue weighted by molar-refractivity contribution is 0.211. The highest BCUT2D eigenvalue weighted by atomic mass is 35.5. The maximum absolute atomic E-state index is 11.0. The van der Waals surface area contributed by atoms with Gasteiger partial charge in [0.1, 0.15) is 11.6 Å². The lowest BCUT2D eigenvalue weighted by Gasteiger charge is -2.40. The van der Waals surface area contributed by atoms with Crippen molar-refractivity contribution in [3.05, 3.63) is 69.8 Å². The molecule has 1 atom stereocenters. The van der Waals surface area contributed by atoms with Crippen LogP contribution in [-0.2, 0) is 0 Å². The molecule has 7 nitrogen and oxygen atoms in total. The molecule has 1 aliphatic rings. The van der Waals surface area contributed by atoms with E-state index in [-0.39, 0.29) is 11.9 Å². The number of benzene rings is 2. The van der Waals surface area contributed by atoms with E-state index in [1.54, 1.807) is 7.11 Å². The Kier molecular flexibility index (Phi) is 5.67. The number of halogens is 1. The van der Waals surface area contributed by atoms with Crippen LogP contribution in [0.2, 0.25) is 5.02 Å². The lowest BCUT2D eigenvalue weighted by Crippen LogP contribution is -2.47. The van der Waals surface area contributed by atoms with Gasteiger partial charge in [-0.2, -0.15) is 4.52 Å². The Hall–Kier alpha value is -2.81. The quantitative estimate of drug-likeness (QED) is 0.468. The number of hydrogen-bond donors (Lipinski definition) is 1. The van der Waals surface area contributed by atoms with Gasteiger partial charge >= 0.3 is 0 Å². The van der Waals surface area contributed by atoms with Crippen LogP contribution in [0.5, 0.6) is 11.6 Å². The molecule has 1 fully saturated rings. The zero-order valence-electron chi connectivity index (χ0n) is 17.9. The third-order valence-electron chi connectivity index (χ3n) is 5.87. The maximum atomic E-state index is 11.0. The molecule has 5 rings (SSSR count). The molecule has 0 saturated carbocycles. The van der Waals surface area contributed by atoms with E-state index in [0.717, 1.165) is 42.4 Å². The van der Waals surface area contributed by atoms with Gasteiger partial charge in [-0.15, -0.1) is 5.10 Å². The normalized spacial score (nSPS) is 15.9. The Morgan fingerprint density at radius 2 is 1.78 bits per heavy atom. The van der Waals surface area contributed by atoms with Crippen molar-refractivity contribution in [1.82, 2.24) is 19.5 Å². The minimum Gasteiger partial charge on any atom is -0.497 e. The molecule has 0 bridgehead atoms. The van der Waals surface area contributed by atoms with Crippen molar-refractivity contribution in [3.8, 4) is 11.6 Å². The molecule has 1 N–H and O–H groups in total. The number of aromatic hydroxyl groups is 1. The molecule has 32 heavy (non-hydrogen) atoms. The zero-order valence-corrected chi connectivity index (χ0v) is 19.5. The van der Waals surface area contributed by atoms with E-state index in [1.165, 1.54) is 21.5 Å². The van der Waals surface area contributed by atoms with Crippen LogP contribution in [0.4, 0.5) is 5.69 Å². The summed E-state index contributed by atoms with van der Waals surface area (Å²) in [5, 5.41) is 16.0. The molecule has 0 amide bonds. The van der Waals surface area contributed by atoms with Gasteiger partial charge in [-0.05, 0) is 42.8 Å². The first-order valence-corrected chi connectivity index (χ1v) is 11.7. The van der Waals surface area contributed by atoms with Gasteiger partial charge in [0.15, 0.2) is 0 Å². The van der Waals surface area contributed by atoms with E-state index in [1.807, 2.05) is 43.3 Å². The Balaban J connectivity index is 1.45. The predicted molar refractivity (Wildman–Crippen MR) is 127 cm³/mol. The molecule has 0 radical (unpaired) electrons. The standard InChI is InChI=1S/C23H24ClN5O2S/c1-15-25-23-29(26-15)22(30)21(32-23)20(18-5-3-4-6-19(18)24)28-13-11-27(12-14-28)16-7-9-17(31-2)10-8-16/h3-10,20,30H,11-14H2,1-2H3. The number of hydrogen-bond acceptors (Lipinski definition) is 7. The van der Waals surface area contributed by atoms with Crippen LogP contribution in [0.3, 0.4) is 0 Å². The molecular weight excluding hydrogens is 446 g/mol. The summed E-state index contributed by atoms with van der Waals surface area (Å²) in [5.74, 6) is 1.63. The van der Waals surface area contributed by atoms with Crippen LogP contribution in [-0.4, -0.2) is 57.9 Å². The van der Waals surface area contributed by atoms with Gasteiger partial charge in [0, 0.05) is 36.9 Å². The molecule has 4 aromatic rings. The topological polar surface area (TPSA) is 66.1 Å². The number of aryl methyl sites for hydroxylation is 1. The fourth-order valence-electron chi connectivity index (χ4n) is 4.26. The second-order valence-corrected chi connectivity index (χ2v) is 9.20. The molecule has 9 heteroatoms. The van der Waals surface area contributed by atoms with Crippen molar-refractivity contribution < 1.29 is 9.84 Å². The van der Waals surface area contributed by atoms with Gasteiger partial charge in [-0.25, -0.2) is 4.98 Å². The third kappa shape index (κ3) is 3.79. The zero-order chi connectivity index (χ0) is 22.2. The summed E-state index contributed by atoms with van der Waals surface area (Å²) in [6.45, 7) is 5.21. The number of aromatic nitrogens is 3. The first-order chi connectivity index (χ1) is 15.5. The van der Waals surface area contributed by atoms with Crippen molar-refractivity contribution in [1.29, 1.82) is 0 Å². The van der Waals surface area contributed by atoms with Crippen molar-refractivity contribution in [2.45, 2.75) is 13.0 Å². The van der Waals surface area contributed by atoms with Crippen LogP contribution in [0.25, 0.3) is 4.96 Å². The summed E-state index contributed by atoms with van der Waals surface area (Å²) in [7, 11) is 1.68. The van der Waals surface area contributed by atoms with Crippen molar-refractivity contribution >= 4 is 33.6 Å². The van der Waals surface area contributed by atoms with Crippen LogP contribution < -0.4 is 9.64 Å². The number of thiazole rings is 1. The second kappa shape index (κ2) is 8.61. The molecule has 2 aromatic carbocycles. The molecule has 0 spiro atoms. The van der Waals surface area contributed by atoms with Crippen LogP contribution in [0.1, 0.15) is 22.3 Å². The van der Waals surface area contributed by atoms with Crippen molar-refractivity contribution in [3.63, 3.8) is 0 Å². The van der Waals surface area contributed by atoms with Crippen LogP contribution >= 0.6 is 22.9 Å².